The van der Waals surface area contributed by atoms with Crippen molar-refractivity contribution in [3.05, 3.63) is 0 Å². The second kappa shape index (κ2) is 14.9. The summed E-state index contributed by atoms with van der Waals surface area (Å²) in [6, 6.07) is 0. The number of hydrogen-bond acceptors (Lipinski definition) is 2. The topological polar surface area (TPSA) is 26.3 Å². The van der Waals surface area contributed by atoms with Crippen molar-refractivity contribution in [1.29, 1.82) is 0 Å². The number of esters is 1. The van der Waals surface area contributed by atoms with E-state index in [1.807, 2.05) is 6.92 Å². The Labute approximate surface area is 126 Å². The van der Waals surface area contributed by atoms with Crippen LogP contribution in [0.15, 0.2) is 0 Å². The minimum atomic E-state index is -0.0000172. The molecule has 0 saturated carbocycles. The maximum Gasteiger partial charge on any atom is 0.306 e. The Kier molecular flexibility index (Phi) is 14.5. The highest BCUT2D eigenvalue weighted by Crippen LogP contribution is 2.11. The normalized spacial score (nSPS) is 12.3. The van der Waals surface area contributed by atoms with E-state index in [2.05, 4.69) is 13.8 Å². The van der Waals surface area contributed by atoms with Crippen molar-refractivity contribution in [1.82, 2.24) is 0 Å². The molecule has 2 heteroatoms. The zero-order valence-corrected chi connectivity index (χ0v) is 14.1. The van der Waals surface area contributed by atoms with Crippen LogP contribution in [0.3, 0.4) is 0 Å². The smallest absolute Gasteiger partial charge is 0.306 e. The first-order valence-electron chi connectivity index (χ1n) is 8.90. The van der Waals surface area contributed by atoms with Crippen LogP contribution in [0.25, 0.3) is 0 Å². The highest BCUT2D eigenvalue weighted by Gasteiger charge is 2.08. The van der Waals surface area contributed by atoms with Crippen molar-refractivity contribution in [2.75, 3.05) is 0 Å². The summed E-state index contributed by atoms with van der Waals surface area (Å²) < 4.78 is 5.42. The molecule has 0 radical (unpaired) electrons. The lowest BCUT2D eigenvalue weighted by Crippen LogP contribution is -2.14. The number of hydrogen-bond donors (Lipinski definition) is 0. The van der Waals surface area contributed by atoms with Gasteiger partial charge in [0, 0.05) is 6.42 Å². The van der Waals surface area contributed by atoms with Crippen LogP contribution in [0, 0.1) is 0 Å². The van der Waals surface area contributed by atoms with Crippen LogP contribution in [0.4, 0.5) is 0 Å². The molecule has 0 amide bonds. The van der Waals surface area contributed by atoms with E-state index in [0.717, 1.165) is 12.8 Å². The van der Waals surface area contributed by atoms with E-state index < -0.39 is 0 Å². The molecule has 0 aromatic heterocycles. The molecule has 120 valence electrons. The van der Waals surface area contributed by atoms with Crippen LogP contribution < -0.4 is 0 Å². The van der Waals surface area contributed by atoms with Gasteiger partial charge in [0.15, 0.2) is 0 Å². The van der Waals surface area contributed by atoms with Crippen LogP contribution in [-0.2, 0) is 9.53 Å². The standard InChI is InChI=1S/C18H36O2/c1-4-6-8-9-10-11-12-14-16-18(19)20-17(3)15-13-7-5-2/h17H,4-16H2,1-3H3/t17-/m0/s1. The summed E-state index contributed by atoms with van der Waals surface area (Å²) >= 11 is 0. The van der Waals surface area contributed by atoms with Gasteiger partial charge < -0.3 is 4.74 Å². The number of rotatable bonds is 14. The van der Waals surface area contributed by atoms with Gasteiger partial charge in [-0.3, -0.25) is 4.79 Å². The fourth-order valence-electron chi connectivity index (χ4n) is 2.43. The third-order valence-electron chi connectivity index (χ3n) is 3.78. The van der Waals surface area contributed by atoms with Crippen molar-refractivity contribution in [3.63, 3.8) is 0 Å². The van der Waals surface area contributed by atoms with Gasteiger partial charge in [0.1, 0.15) is 0 Å². The number of carbonyl (C=O) groups excluding carboxylic acids is 1. The summed E-state index contributed by atoms with van der Waals surface area (Å²) in [4.78, 5) is 11.6. The Morgan fingerprint density at radius 1 is 0.800 bits per heavy atom. The minimum absolute atomic E-state index is 0.0000172. The summed E-state index contributed by atoms with van der Waals surface area (Å²) in [6.45, 7) is 6.45. The molecule has 0 spiro atoms. The van der Waals surface area contributed by atoms with Gasteiger partial charge in [0.2, 0.25) is 0 Å². The van der Waals surface area contributed by atoms with Crippen molar-refractivity contribution in [2.45, 2.75) is 110 Å². The van der Waals surface area contributed by atoms with Crippen molar-refractivity contribution >= 4 is 5.97 Å². The first-order valence-corrected chi connectivity index (χ1v) is 8.90. The molecule has 0 aliphatic carbocycles. The number of carbonyl (C=O) groups is 1. The van der Waals surface area contributed by atoms with E-state index in [4.69, 9.17) is 4.74 Å². The lowest BCUT2D eigenvalue weighted by Gasteiger charge is -2.12. The Balaban J connectivity index is 3.31. The first-order chi connectivity index (χ1) is 9.70. The van der Waals surface area contributed by atoms with E-state index in [-0.39, 0.29) is 12.1 Å². The van der Waals surface area contributed by atoms with Gasteiger partial charge in [-0.1, -0.05) is 71.6 Å². The quantitative estimate of drug-likeness (QED) is 0.287. The van der Waals surface area contributed by atoms with Gasteiger partial charge in [0.05, 0.1) is 6.10 Å². The Hall–Kier alpha value is -0.530. The van der Waals surface area contributed by atoms with Crippen LogP contribution in [0.1, 0.15) is 104 Å². The van der Waals surface area contributed by atoms with Gasteiger partial charge >= 0.3 is 5.97 Å². The molecule has 20 heavy (non-hydrogen) atoms. The number of ether oxygens (including phenoxy) is 1. The largest absolute Gasteiger partial charge is 0.463 e. The van der Waals surface area contributed by atoms with Crippen LogP contribution in [0.5, 0.6) is 0 Å². The van der Waals surface area contributed by atoms with E-state index in [0.29, 0.717) is 6.42 Å². The van der Waals surface area contributed by atoms with E-state index >= 15 is 0 Å². The fraction of sp³-hybridized carbons (Fsp3) is 0.944. The monoisotopic (exact) mass is 284 g/mol. The van der Waals surface area contributed by atoms with E-state index in [9.17, 15) is 4.79 Å². The Morgan fingerprint density at radius 2 is 1.30 bits per heavy atom. The first kappa shape index (κ1) is 19.5. The fourth-order valence-corrected chi connectivity index (χ4v) is 2.43. The molecule has 0 saturated heterocycles. The molecule has 0 bridgehead atoms. The van der Waals surface area contributed by atoms with E-state index in [1.165, 1.54) is 64.2 Å². The molecular formula is C18H36O2. The summed E-state index contributed by atoms with van der Waals surface area (Å²) in [7, 11) is 0. The highest BCUT2D eigenvalue weighted by atomic mass is 16.5. The highest BCUT2D eigenvalue weighted by molar-refractivity contribution is 5.69. The number of unbranched alkanes of at least 4 members (excludes halogenated alkanes) is 9. The molecule has 0 aliphatic rings. The van der Waals surface area contributed by atoms with Gasteiger partial charge in [0.25, 0.3) is 0 Å². The van der Waals surface area contributed by atoms with Crippen LogP contribution >= 0.6 is 0 Å². The summed E-state index contributed by atoms with van der Waals surface area (Å²) in [5.74, 6) is -0.0000172. The third-order valence-corrected chi connectivity index (χ3v) is 3.78. The molecule has 0 aliphatic heterocycles. The minimum Gasteiger partial charge on any atom is -0.463 e. The predicted molar refractivity (Wildman–Crippen MR) is 86.9 cm³/mol. The Bertz CT molecular complexity index is 213. The summed E-state index contributed by atoms with van der Waals surface area (Å²) in [5.41, 5.74) is 0. The van der Waals surface area contributed by atoms with Gasteiger partial charge in [-0.25, -0.2) is 0 Å². The third kappa shape index (κ3) is 13.9. The average Bonchev–Trinajstić information content (AvgIpc) is 2.42. The van der Waals surface area contributed by atoms with Gasteiger partial charge in [-0.05, 0) is 26.2 Å². The van der Waals surface area contributed by atoms with Gasteiger partial charge in [-0.2, -0.15) is 0 Å². The van der Waals surface area contributed by atoms with Crippen molar-refractivity contribution < 1.29 is 9.53 Å². The molecule has 0 aromatic carbocycles. The van der Waals surface area contributed by atoms with Crippen LogP contribution in [0.2, 0.25) is 0 Å². The molecule has 0 unspecified atom stereocenters. The molecular weight excluding hydrogens is 248 g/mol. The SMILES string of the molecule is CCCCCCCCCCC(=O)O[C@@H](C)CCCCC. The second-order valence-corrected chi connectivity index (χ2v) is 6.02. The maximum absolute atomic E-state index is 11.6. The van der Waals surface area contributed by atoms with Crippen molar-refractivity contribution in [2.24, 2.45) is 0 Å². The molecule has 0 aromatic rings. The predicted octanol–water partition coefficient (Wildman–Crippen LogP) is 6.03. The average molecular weight is 284 g/mol. The van der Waals surface area contributed by atoms with Gasteiger partial charge in [-0.15, -0.1) is 0 Å². The van der Waals surface area contributed by atoms with Crippen molar-refractivity contribution in [3.8, 4) is 0 Å². The molecule has 2 nitrogen and oxygen atoms in total. The lowest BCUT2D eigenvalue weighted by atomic mass is 10.1. The summed E-state index contributed by atoms with van der Waals surface area (Å²) in [5, 5.41) is 0. The Morgan fingerprint density at radius 3 is 1.90 bits per heavy atom. The molecule has 0 rings (SSSR count). The van der Waals surface area contributed by atoms with E-state index in [1.54, 1.807) is 0 Å². The molecule has 0 heterocycles. The second-order valence-electron chi connectivity index (χ2n) is 6.02. The summed E-state index contributed by atoms with van der Waals surface area (Å²) in [6.07, 6.45) is 15.5. The maximum atomic E-state index is 11.6. The zero-order chi connectivity index (χ0) is 15.1. The van der Waals surface area contributed by atoms with Crippen LogP contribution in [-0.4, -0.2) is 12.1 Å². The molecule has 1 atom stereocenters. The molecule has 0 N–H and O–H groups in total. The molecule has 0 fully saturated rings. The lowest BCUT2D eigenvalue weighted by molar-refractivity contribution is -0.148. The zero-order valence-electron chi connectivity index (χ0n) is 14.1.